The molecule has 1 aliphatic carbocycles. The Morgan fingerprint density at radius 2 is 2.26 bits per heavy atom. The quantitative estimate of drug-likeness (QED) is 0.875. The van der Waals surface area contributed by atoms with E-state index in [1.807, 2.05) is 18.3 Å². The van der Waals surface area contributed by atoms with E-state index in [9.17, 15) is 0 Å². The van der Waals surface area contributed by atoms with E-state index in [-0.39, 0.29) is 0 Å². The fourth-order valence-electron chi connectivity index (χ4n) is 2.02. The number of hydrogen-bond donors (Lipinski definition) is 1. The van der Waals surface area contributed by atoms with Crippen molar-refractivity contribution in [3.63, 3.8) is 0 Å². The number of rotatable bonds is 5. The number of nitrogens with one attached hydrogen (secondary N) is 1. The SMILES string of the molecule is N#Cc1ncccc1Cn1ccnc1CNC1CC1. The number of nitrogens with zero attached hydrogens (tertiary/aromatic N) is 4. The molecule has 0 atom stereocenters. The van der Waals surface area contributed by atoms with Gasteiger partial charge in [0, 0.05) is 30.2 Å². The van der Waals surface area contributed by atoms with E-state index >= 15 is 0 Å². The third-order valence-corrected chi connectivity index (χ3v) is 3.27. The number of pyridine rings is 1. The average Bonchev–Trinajstić information content (AvgIpc) is 3.17. The van der Waals surface area contributed by atoms with E-state index in [0.717, 1.165) is 17.9 Å². The highest BCUT2D eigenvalue weighted by Crippen LogP contribution is 2.19. The molecular weight excluding hydrogens is 238 g/mol. The lowest BCUT2D eigenvalue weighted by molar-refractivity contribution is 0.618. The number of nitriles is 1. The van der Waals surface area contributed by atoms with Gasteiger partial charge in [0.1, 0.15) is 17.6 Å². The summed E-state index contributed by atoms with van der Waals surface area (Å²) in [4.78, 5) is 8.45. The molecule has 0 unspecified atom stereocenters. The summed E-state index contributed by atoms with van der Waals surface area (Å²) in [6.45, 7) is 1.41. The Morgan fingerprint density at radius 1 is 1.37 bits per heavy atom. The zero-order valence-electron chi connectivity index (χ0n) is 10.6. The van der Waals surface area contributed by atoms with E-state index in [1.54, 1.807) is 12.4 Å². The first kappa shape index (κ1) is 11.9. The summed E-state index contributed by atoms with van der Waals surface area (Å²) in [6, 6.07) is 6.58. The fourth-order valence-corrected chi connectivity index (χ4v) is 2.02. The molecule has 5 heteroatoms. The summed E-state index contributed by atoms with van der Waals surface area (Å²) < 4.78 is 2.06. The molecule has 1 aliphatic rings. The van der Waals surface area contributed by atoms with Crippen LogP contribution in [0.1, 0.15) is 29.9 Å². The Kier molecular flexibility index (Phi) is 3.25. The maximum Gasteiger partial charge on any atom is 0.145 e. The van der Waals surface area contributed by atoms with Gasteiger partial charge in [-0.2, -0.15) is 5.26 Å². The monoisotopic (exact) mass is 253 g/mol. The smallest absolute Gasteiger partial charge is 0.145 e. The van der Waals surface area contributed by atoms with Crippen LogP contribution < -0.4 is 5.32 Å². The van der Waals surface area contributed by atoms with E-state index in [2.05, 4.69) is 25.9 Å². The highest BCUT2D eigenvalue weighted by atomic mass is 15.1. The average molecular weight is 253 g/mol. The van der Waals surface area contributed by atoms with Gasteiger partial charge >= 0.3 is 0 Å². The van der Waals surface area contributed by atoms with Gasteiger partial charge in [-0.1, -0.05) is 6.07 Å². The minimum Gasteiger partial charge on any atom is -0.329 e. The molecule has 0 saturated heterocycles. The van der Waals surface area contributed by atoms with Crippen LogP contribution in [0, 0.1) is 11.3 Å². The molecule has 19 heavy (non-hydrogen) atoms. The van der Waals surface area contributed by atoms with Crippen LogP contribution in [0.25, 0.3) is 0 Å². The summed E-state index contributed by atoms with van der Waals surface area (Å²) in [5, 5.41) is 12.5. The normalized spacial score (nSPS) is 14.3. The second-order valence-corrected chi connectivity index (χ2v) is 4.75. The van der Waals surface area contributed by atoms with Gasteiger partial charge < -0.3 is 9.88 Å². The van der Waals surface area contributed by atoms with E-state index in [0.29, 0.717) is 18.3 Å². The van der Waals surface area contributed by atoms with Gasteiger partial charge in [0.05, 0.1) is 13.1 Å². The molecule has 1 saturated carbocycles. The van der Waals surface area contributed by atoms with Crippen molar-refractivity contribution in [2.24, 2.45) is 0 Å². The van der Waals surface area contributed by atoms with Crippen LogP contribution in [-0.4, -0.2) is 20.6 Å². The highest BCUT2D eigenvalue weighted by Gasteiger charge is 2.20. The van der Waals surface area contributed by atoms with E-state index in [4.69, 9.17) is 5.26 Å². The summed E-state index contributed by atoms with van der Waals surface area (Å²) >= 11 is 0. The van der Waals surface area contributed by atoms with Crippen LogP contribution in [0.5, 0.6) is 0 Å². The van der Waals surface area contributed by atoms with Crippen LogP contribution in [0.15, 0.2) is 30.7 Å². The summed E-state index contributed by atoms with van der Waals surface area (Å²) in [5.41, 5.74) is 1.41. The van der Waals surface area contributed by atoms with Crippen LogP contribution in [0.4, 0.5) is 0 Å². The molecule has 5 nitrogen and oxygen atoms in total. The zero-order chi connectivity index (χ0) is 13.1. The van der Waals surface area contributed by atoms with Crippen molar-refractivity contribution in [1.29, 1.82) is 5.26 Å². The van der Waals surface area contributed by atoms with Crippen molar-refractivity contribution in [2.45, 2.75) is 32.0 Å². The van der Waals surface area contributed by atoms with Crippen LogP contribution in [0.2, 0.25) is 0 Å². The van der Waals surface area contributed by atoms with E-state index < -0.39 is 0 Å². The van der Waals surface area contributed by atoms with Crippen molar-refractivity contribution >= 4 is 0 Å². The van der Waals surface area contributed by atoms with Gasteiger partial charge in [-0.25, -0.2) is 9.97 Å². The molecule has 2 heterocycles. The number of imidazole rings is 1. The summed E-state index contributed by atoms with van der Waals surface area (Å²) in [7, 11) is 0. The van der Waals surface area contributed by atoms with Crippen molar-refractivity contribution in [1.82, 2.24) is 19.9 Å². The molecular formula is C14H15N5. The maximum atomic E-state index is 9.05. The number of hydrogen-bond acceptors (Lipinski definition) is 4. The first-order valence-corrected chi connectivity index (χ1v) is 6.44. The maximum absolute atomic E-state index is 9.05. The summed E-state index contributed by atoms with van der Waals surface area (Å²) in [6.07, 6.45) is 7.92. The molecule has 0 aromatic carbocycles. The minimum absolute atomic E-state index is 0.484. The lowest BCUT2D eigenvalue weighted by Gasteiger charge is -2.09. The molecule has 2 aromatic heterocycles. The van der Waals surface area contributed by atoms with Crippen molar-refractivity contribution in [2.75, 3.05) is 0 Å². The second kappa shape index (κ2) is 5.21. The third kappa shape index (κ3) is 2.80. The van der Waals surface area contributed by atoms with Gasteiger partial charge in [-0.3, -0.25) is 0 Å². The molecule has 0 spiro atoms. The molecule has 96 valence electrons. The van der Waals surface area contributed by atoms with E-state index in [1.165, 1.54) is 12.8 Å². The molecule has 0 aliphatic heterocycles. The molecule has 0 bridgehead atoms. The lowest BCUT2D eigenvalue weighted by atomic mass is 10.2. The molecule has 0 radical (unpaired) electrons. The Morgan fingerprint density at radius 3 is 3.05 bits per heavy atom. The van der Waals surface area contributed by atoms with Crippen LogP contribution in [0.3, 0.4) is 0 Å². The molecule has 1 N–H and O–H groups in total. The lowest BCUT2D eigenvalue weighted by Crippen LogP contribution is -2.19. The predicted octanol–water partition coefficient (Wildman–Crippen LogP) is 1.45. The molecule has 1 fully saturated rings. The zero-order valence-corrected chi connectivity index (χ0v) is 10.6. The topological polar surface area (TPSA) is 66.5 Å². The Bertz CT molecular complexity index is 606. The third-order valence-electron chi connectivity index (χ3n) is 3.27. The summed E-state index contributed by atoms with van der Waals surface area (Å²) in [5.74, 6) is 1.000. The highest BCUT2D eigenvalue weighted by molar-refractivity contribution is 5.30. The Balaban J connectivity index is 1.75. The van der Waals surface area contributed by atoms with Gasteiger partial charge in [-0.05, 0) is 18.9 Å². The van der Waals surface area contributed by atoms with Gasteiger partial charge in [-0.15, -0.1) is 0 Å². The van der Waals surface area contributed by atoms with Gasteiger partial charge in [0.2, 0.25) is 0 Å². The van der Waals surface area contributed by atoms with Gasteiger partial charge in [0.25, 0.3) is 0 Å². The first-order valence-electron chi connectivity index (χ1n) is 6.44. The van der Waals surface area contributed by atoms with Crippen LogP contribution in [-0.2, 0) is 13.1 Å². The fraction of sp³-hybridized carbons (Fsp3) is 0.357. The van der Waals surface area contributed by atoms with Gasteiger partial charge in [0.15, 0.2) is 0 Å². The molecule has 3 rings (SSSR count). The van der Waals surface area contributed by atoms with Crippen molar-refractivity contribution < 1.29 is 0 Å². The standard InChI is InChI=1S/C14H15N5/c15-8-13-11(2-1-5-16-13)10-19-7-6-17-14(19)9-18-12-3-4-12/h1-2,5-7,12,18H,3-4,9-10H2. The Labute approximate surface area is 111 Å². The minimum atomic E-state index is 0.484. The van der Waals surface area contributed by atoms with Crippen LogP contribution >= 0.6 is 0 Å². The predicted molar refractivity (Wildman–Crippen MR) is 70.1 cm³/mol. The molecule has 0 amide bonds. The largest absolute Gasteiger partial charge is 0.329 e. The van der Waals surface area contributed by atoms with Crippen molar-refractivity contribution in [3.05, 3.63) is 47.8 Å². The molecule has 2 aromatic rings. The second-order valence-electron chi connectivity index (χ2n) is 4.75. The van der Waals surface area contributed by atoms with Crippen molar-refractivity contribution in [3.8, 4) is 6.07 Å². The number of aromatic nitrogens is 3. The Hall–Kier alpha value is -2.19. The first-order chi connectivity index (χ1) is 9.36.